The lowest BCUT2D eigenvalue weighted by atomic mass is 10.0. The Morgan fingerprint density at radius 3 is 2.67 bits per heavy atom. The molecule has 0 aliphatic carbocycles. The summed E-state index contributed by atoms with van der Waals surface area (Å²) in [5.74, 6) is 0.542. The lowest BCUT2D eigenvalue weighted by Gasteiger charge is -2.16. The van der Waals surface area contributed by atoms with Crippen LogP contribution in [0.2, 0.25) is 0 Å². The Balaban J connectivity index is 2.70. The quantitative estimate of drug-likeness (QED) is 0.435. The van der Waals surface area contributed by atoms with Gasteiger partial charge >= 0.3 is 6.16 Å². The average Bonchev–Trinajstić information content (AvgIpc) is 2.39. The van der Waals surface area contributed by atoms with Crippen LogP contribution in [-0.4, -0.2) is 24.7 Å². The molecule has 1 amide bonds. The number of ether oxygens (including phenoxy) is 2. The number of hydrogen-bond donors (Lipinski definition) is 1. The van der Waals surface area contributed by atoms with Crippen LogP contribution in [-0.2, 0) is 14.3 Å². The first-order valence-electron chi connectivity index (χ1n) is 4.75. The molecule has 0 unspecified atom stereocenters. The third-order valence-electron chi connectivity index (χ3n) is 2.19. The Kier molecular flexibility index (Phi) is 3.34. The molecule has 1 aliphatic heterocycles. The van der Waals surface area contributed by atoms with Gasteiger partial charge in [-0.05, 0) is 32.8 Å². The van der Waals surface area contributed by atoms with Crippen molar-refractivity contribution >= 4 is 12.6 Å². The summed E-state index contributed by atoms with van der Waals surface area (Å²) in [6.07, 6.45) is 0.603. The largest absolute Gasteiger partial charge is 0.514 e. The molecule has 1 rings (SSSR count). The molecule has 0 spiro atoms. The van der Waals surface area contributed by atoms with Gasteiger partial charge in [0.15, 0.2) is 11.4 Å². The van der Waals surface area contributed by atoms with Crippen molar-refractivity contribution in [1.82, 2.24) is 5.32 Å². The molecule has 1 aliphatic rings. The van der Waals surface area contributed by atoms with E-state index in [4.69, 9.17) is 9.47 Å². The van der Waals surface area contributed by atoms with E-state index in [-0.39, 0.29) is 0 Å². The van der Waals surface area contributed by atoms with Crippen LogP contribution < -0.4 is 5.32 Å². The van der Waals surface area contributed by atoms with Gasteiger partial charge < -0.3 is 14.8 Å². The monoisotopic (exact) mass is 213 g/mol. The molecule has 1 fully saturated rings. The maximum atomic E-state index is 11.0. The fraction of sp³-hybridized carbons (Fsp3) is 0.600. The lowest BCUT2D eigenvalue weighted by molar-refractivity contribution is -0.109. The molecule has 1 heterocycles. The predicted octanol–water partition coefficient (Wildman–Crippen LogP) is 1.34. The van der Waals surface area contributed by atoms with Crippen molar-refractivity contribution in [3.63, 3.8) is 0 Å². The number of nitrogens with one attached hydrogen (secondary N) is 1. The fourth-order valence-corrected chi connectivity index (χ4v) is 1.51. The molecule has 0 atom stereocenters. The smallest absolute Gasteiger partial charge is 0.420 e. The molecule has 0 aromatic heterocycles. The zero-order valence-corrected chi connectivity index (χ0v) is 9.12. The average molecular weight is 213 g/mol. The molecule has 1 N–H and O–H groups in total. The highest BCUT2D eigenvalue weighted by atomic mass is 16.8. The highest BCUT2D eigenvalue weighted by Gasteiger charge is 2.40. The molecule has 15 heavy (non-hydrogen) atoms. The van der Waals surface area contributed by atoms with Crippen molar-refractivity contribution in [2.24, 2.45) is 0 Å². The normalized spacial score (nSPS) is 21.7. The Hall–Kier alpha value is -1.52. The first-order chi connectivity index (χ1) is 6.97. The minimum atomic E-state index is -0.706. The van der Waals surface area contributed by atoms with Crippen LogP contribution in [0.4, 0.5) is 4.79 Å². The summed E-state index contributed by atoms with van der Waals surface area (Å²) in [6.45, 7) is 5.91. The number of rotatable bonds is 4. The Labute approximate surface area is 88.4 Å². The highest BCUT2D eigenvalue weighted by molar-refractivity contribution is 5.66. The zero-order chi connectivity index (χ0) is 11.5. The molecule has 5 nitrogen and oxygen atoms in total. The molecule has 0 saturated carbocycles. The number of carbonyl (C=O) groups excluding carboxylic acids is 2. The standard InChI is InChI=1S/C10H15NO4/c1-7(4-5-11-6-12)8-10(2,3)15-9(13)14-8/h6H,4-5H2,1-3H3,(H,11,12). The van der Waals surface area contributed by atoms with E-state index in [0.717, 1.165) is 5.57 Å². The van der Waals surface area contributed by atoms with Crippen LogP contribution in [0.1, 0.15) is 27.2 Å². The second-order valence-corrected chi connectivity index (χ2v) is 3.90. The van der Waals surface area contributed by atoms with Crippen molar-refractivity contribution in [2.75, 3.05) is 6.54 Å². The second kappa shape index (κ2) is 4.33. The summed E-state index contributed by atoms with van der Waals surface area (Å²) >= 11 is 0. The SMILES string of the molecule is CC(CCNC=O)=C1OC(=O)OC1(C)C. The molecular weight excluding hydrogens is 198 g/mol. The third kappa shape index (κ3) is 2.71. The van der Waals surface area contributed by atoms with E-state index >= 15 is 0 Å². The third-order valence-corrected chi connectivity index (χ3v) is 2.19. The summed E-state index contributed by atoms with van der Waals surface area (Å²) in [7, 11) is 0. The fourth-order valence-electron chi connectivity index (χ4n) is 1.51. The first kappa shape index (κ1) is 11.6. The summed E-state index contributed by atoms with van der Waals surface area (Å²) in [5, 5.41) is 2.55. The molecule has 1 saturated heterocycles. The minimum Gasteiger partial charge on any atom is -0.420 e. The van der Waals surface area contributed by atoms with Crippen LogP contribution in [0.25, 0.3) is 0 Å². The maximum Gasteiger partial charge on any atom is 0.514 e. The second-order valence-electron chi connectivity index (χ2n) is 3.90. The van der Waals surface area contributed by atoms with Crippen LogP contribution in [0.5, 0.6) is 0 Å². The van der Waals surface area contributed by atoms with Crippen molar-refractivity contribution in [1.29, 1.82) is 0 Å². The van der Waals surface area contributed by atoms with E-state index in [1.807, 2.05) is 6.92 Å². The summed E-state index contributed by atoms with van der Waals surface area (Å²) in [5.41, 5.74) is 0.197. The van der Waals surface area contributed by atoms with Crippen molar-refractivity contribution in [2.45, 2.75) is 32.8 Å². The lowest BCUT2D eigenvalue weighted by Crippen LogP contribution is -2.22. The van der Waals surface area contributed by atoms with E-state index in [0.29, 0.717) is 25.1 Å². The zero-order valence-electron chi connectivity index (χ0n) is 9.12. The Morgan fingerprint density at radius 1 is 1.53 bits per heavy atom. The Bertz CT molecular complexity index is 307. The van der Waals surface area contributed by atoms with Gasteiger partial charge in [-0.25, -0.2) is 4.79 Å². The molecule has 0 aromatic carbocycles. The van der Waals surface area contributed by atoms with Gasteiger partial charge in [0.05, 0.1) is 0 Å². The minimum absolute atomic E-state index is 0.520. The number of cyclic esters (lactones) is 2. The van der Waals surface area contributed by atoms with E-state index in [2.05, 4.69) is 5.32 Å². The van der Waals surface area contributed by atoms with Crippen molar-refractivity contribution in [3.05, 3.63) is 11.3 Å². The number of amides is 1. The van der Waals surface area contributed by atoms with Crippen LogP contribution >= 0.6 is 0 Å². The summed E-state index contributed by atoms with van der Waals surface area (Å²) in [6, 6.07) is 0. The molecule has 5 heteroatoms. The van der Waals surface area contributed by atoms with Gasteiger partial charge in [-0.2, -0.15) is 0 Å². The van der Waals surface area contributed by atoms with E-state index in [1.54, 1.807) is 13.8 Å². The maximum absolute atomic E-state index is 11.0. The van der Waals surface area contributed by atoms with E-state index < -0.39 is 11.8 Å². The predicted molar refractivity (Wildman–Crippen MR) is 53.0 cm³/mol. The van der Waals surface area contributed by atoms with Crippen molar-refractivity contribution < 1.29 is 19.1 Å². The van der Waals surface area contributed by atoms with E-state index in [9.17, 15) is 9.59 Å². The molecule has 0 aromatic rings. The van der Waals surface area contributed by atoms with Gasteiger partial charge in [-0.1, -0.05) is 0 Å². The molecule has 0 radical (unpaired) electrons. The van der Waals surface area contributed by atoms with Gasteiger partial charge in [-0.15, -0.1) is 0 Å². The summed E-state index contributed by atoms with van der Waals surface area (Å²) < 4.78 is 9.95. The van der Waals surface area contributed by atoms with Crippen LogP contribution in [0.3, 0.4) is 0 Å². The van der Waals surface area contributed by atoms with Gasteiger partial charge in [0.2, 0.25) is 6.41 Å². The molecule has 84 valence electrons. The van der Waals surface area contributed by atoms with Crippen LogP contribution in [0.15, 0.2) is 11.3 Å². The molecular formula is C10H15NO4. The highest BCUT2D eigenvalue weighted by Crippen LogP contribution is 2.32. The number of hydrogen-bond acceptors (Lipinski definition) is 4. The molecule has 0 bridgehead atoms. The Morgan fingerprint density at radius 2 is 2.20 bits per heavy atom. The van der Waals surface area contributed by atoms with E-state index in [1.165, 1.54) is 0 Å². The summed E-state index contributed by atoms with van der Waals surface area (Å²) in [4.78, 5) is 21.0. The number of carbonyl (C=O) groups is 2. The van der Waals surface area contributed by atoms with Crippen LogP contribution in [0, 0.1) is 0 Å². The topological polar surface area (TPSA) is 64.6 Å². The van der Waals surface area contributed by atoms with Gasteiger partial charge in [0, 0.05) is 6.54 Å². The van der Waals surface area contributed by atoms with Gasteiger partial charge in [0.1, 0.15) is 0 Å². The van der Waals surface area contributed by atoms with Gasteiger partial charge in [-0.3, -0.25) is 4.79 Å². The van der Waals surface area contributed by atoms with Crippen molar-refractivity contribution in [3.8, 4) is 0 Å². The first-order valence-corrected chi connectivity index (χ1v) is 4.75. The van der Waals surface area contributed by atoms with Gasteiger partial charge in [0.25, 0.3) is 0 Å².